The Bertz CT molecular complexity index is 780. The zero-order chi connectivity index (χ0) is 15.9. The Hall–Kier alpha value is -1.73. The minimum Gasteiger partial charge on any atom is -0.355 e. The number of amides is 1. The second kappa shape index (κ2) is 5.81. The molecule has 1 saturated heterocycles. The van der Waals surface area contributed by atoms with Crippen LogP contribution < -0.4 is 10.9 Å². The number of fused-ring (bicyclic) bond motifs is 1. The maximum absolute atomic E-state index is 12.4. The van der Waals surface area contributed by atoms with Gasteiger partial charge in [0.15, 0.2) is 0 Å². The zero-order valence-corrected chi connectivity index (χ0v) is 13.8. The van der Waals surface area contributed by atoms with Crippen molar-refractivity contribution in [1.82, 2.24) is 20.2 Å². The largest absolute Gasteiger partial charge is 0.355 e. The van der Waals surface area contributed by atoms with Gasteiger partial charge < -0.3 is 10.3 Å². The van der Waals surface area contributed by atoms with Crippen LogP contribution in [0.15, 0.2) is 4.79 Å². The predicted octanol–water partition coefficient (Wildman–Crippen LogP) is 1.48. The molecule has 2 aromatic rings. The highest BCUT2D eigenvalue weighted by molar-refractivity contribution is 7.18. The smallest absolute Gasteiger partial charge is 0.259 e. The average molecular weight is 320 g/mol. The van der Waals surface area contributed by atoms with E-state index >= 15 is 0 Å². The van der Waals surface area contributed by atoms with E-state index in [9.17, 15) is 9.59 Å². The normalized spacial score (nSPS) is 18.2. The molecule has 0 saturated carbocycles. The summed E-state index contributed by atoms with van der Waals surface area (Å²) in [6, 6.07) is -0.0208. The lowest BCUT2D eigenvalue weighted by Crippen LogP contribution is -2.32. The van der Waals surface area contributed by atoms with Crippen LogP contribution in [0.4, 0.5) is 0 Å². The predicted molar refractivity (Wildman–Crippen MR) is 87.3 cm³/mol. The molecule has 1 amide bonds. The Labute approximate surface area is 132 Å². The summed E-state index contributed by atoms with van der Waals surface area (Å²) in [6.07, 6.45) is 0.480. The Balaban J connectivity index is 1.95. The first kappa shape index (κ1) is 15.2. The molecule has 6 nitrogen and oxygen atoms in total. The van der Waals surface area contributed by atoms with E-state index in [-0.39, 0.29) is 17.5 Å². The second-order valence-electron chi connectivity index (χ2n) is 5.73. The Morgan fingerprint density at radius 1 is 1.27 bits per heavy atom. The highest BCUT2D eigenvalue weighted by Gasteiger charge is 2.22. The number of hydrogen-bond donors (Lipinski definition) is 2. The summed E-state index contributed by atoms with van der Waals surface area (Å²) in [4.78, 5) is 35.5. The lowest BCUT2D eigenvalue weighted by Gasteiger charge is -2.25. The fourth-order valence-electron chi connectivity index (χ4n) is 2.81. The van der Waals surface area contributed by atoms with Gasteiger partial charge in [-0.05, 0) is 26.3 Å². The lowest BCUT2D eigenvalue weighted by atomic mass is 10.2. The molecule has 2 N–H and O–H groups in total. The summed E-state index contributed by atoms with van der Waals surface area (Å²) in [7, 11) is 0. The molecule has 1 fully saturated rings. The Kier molecular flexibility index (Phi) is 4.01. The quantitative estimate of drug-likeness (QED) is 0.879. The van der Waals surface area contributed by atoms with Gasteiger partial charge in [0.05, 0.1) is 11.4 Å². The number of H-pyrrole nitrogens is 1. The lowest BCUT2D eigenvalue weighted by molar-refractivity contribution is -0.120. The SMILES string of the molecule is Cc1sc2nc(C(C)N3CCNC(=O)CC3)[nH]c(=O)c2c1C. The summed E-state index contributed by atoms with van der Waals surface area (Å²) in [5.41, 5.74) is 0.940. The van der Waals surface area contributed by atoms with Crippen molar-refractivity contribution in [3.8, 4) is 0 Å². The van der Waals surface area contributed by atoms with Gasteiger partial charge in [0.1, 0.15) is 10.7 Å². The fourth-order valence-corrected chi connectivity index (χ4v) is 3.85. The van der Waals surface area contributed by atoms with Crippen molar-refractivity contribution in [1.29, 1.82) is 0 Å². The van der Waals surface area contributed by atoms with Gasteiger partial charge >= 0.3 is 0 Å². The third-order valence-corrected chi connectivity index (χ3v) is 5.45. The third kappa shape index (κ3) is 2.66. The molecule has 0 aliphatic carbocycles. The van der Waals surface area contributed by atoms with Gasteiger partial charge in [-0.2, -0.15) is 0 Å². The van der Waals surface area contributed by atoms with Crippen molar-refractivity contribution in [3.05, 3.63) is 26.6 Å². The van der Waals surface area contributed by atoms with Crippen LogP contribution in [0.25, 0.3) is 10.2 Å². The number of aryl methyl sites for hydroxylation is 2. The molecule has 118 valence electrons. The van der Waals surface area contributed by atoms with Gasteiger partial charge in [0, 0.05) is 30.9 Å². The molecule has 0 aromatic carbocycles. The van der Waals surface area contributed by atoms with Crippen molar-refractivity contribution in [3.63, 3.8) is 0 Å². The maximum Gasteiger partial charge on any atom is 0.259 e. The summed E-state index contributed by atoms with van der Waals surface area (Å²) in [5, 5.41) is 3.56. The van der Waals surface area contributed by atoms with E-state index in [2.05, 4.69) is 20.2 Å². The van der Waals surface area contributed by atoms with Crippen LogP contribution >= 0.6 is 11.3 Å². The van der Waals surface area contributed by atoms with Crippen LogP contribution in [0.3, 0.4) is 0 Å². The molecular formula is C15H20N4O2S. The maximum atomic E-state index is 12.4. The Morgan fingerprint density at radius 3 is 2.82 bits per heavy atom. The number of aromatic nitrogens is 2. The van der Waals surface area contributed by atoms with Gasteiger partial charge in [-0.1, -0.05) is 0 Å². The first-order chi connectivity index (χ1) is 10.5. The fraction of sp³-hybridized carbons (Fsp3) is 0.533. The summed E-state index contributed by atoms with van der Waals surface area (Å²) in [5.74, 6) is 0.754. The van der Waals surface area contributed by atoms with E-state index in [0.717, 1.165) is 21.8 Å². The van der Waals surface area contributed by atoms with Gasteiger partial charge in [0.25, 0.3) is 5.56 Å². The van der Waals surface area contributed by atoms with Crippen LogP contribution in [0.1, 0.15) is 35.7 Å². The van der Waals surface area contributed by atoms with Crippen LogP contribution in [0.5, 0.6) is 0 Å². The van der Waals surface area contributed by atoms with E-state index in [1.54, 1.807) is 11.3 Å². The first-order valence-electron chi connectivity index (χ1n) is 7.48. The number of aromatic amines is 1. The van der Waals surface area contributed by atoms with Crippen molar-refractivity contribution < 1.29 is 4.79 Å². The van der Waals surface area contributed by atoms with Crippen molar-refractivity contribution >= 4 is 27.5 Å². The zero-order valence-electron chi connectivity index (χ0n) is 13.0. The van der Waals surface area contributed by atoms with Crippen LogP contribution in [0.2, 0.25) is 0 Å². The summed E-state index contributed by atoms with van der Waals surface area (Å²) < 4.78 is 0. The first-order valence-corrected chi connectivity index (χ1v) is 8.29. The van der Waals surface area contributed by atoms with Gasteiger partial charge in [-0.15, -0.1) is 11.3 Å². The number of carbonyl (C=O) groups is 1. The monoisotopic (exact) mass is 320 g/mol. The molecule has 3 heterocycles. The molecule has 7 heteroatoms. The summed E-state index contributed by atoms with van der Waals surface area (Å²) in [6.45, 7) is 8.06. The number of rotatable bonds is 2. The molecule has 2 aromatic heterocycles. The molecule has 1 aliphatic heterocycles. The molecule has 1 atom stereocenters. The second-order valence-corrected chi connectivity index (χ2v) is 6.93. The van der Waals surface area contributed by atoms with Gasteiger partial charge in [-0.25, -0.2) is 4.98 Å². The van der Waals surface area contributed by atoms with E-state index in [1.165, 1.54) is 0 Å². The standard InChI is InChI=1S/C15H20N4O2S/c1-8-10(3)22-15-12(8)14(21)17-13(18-15)9(2)19-6-4-11(20)16-5-7-19/h9H,4-7H2,1-3H3,(H,16,20)(H,17,18,21). The van der Waals surface area contributed by atoms with Crippen LogP contribution in [-0.2, 0) is 4.79 Å². The van der Waals surface area contributed by atoms with E-state index in [4.69, 9.17) is 0 Å². The average Bonchev–Trinajstić information content (AvgIpc) is 2.64. The highest BCUT2D eigenvalue weighted by atomic mass is 32.1. The van der Waals surface area contributed by atoms with Crippen molar-refractivity contribution in [2.75, 3.05) is 19.6 Å². The number of carbonyl (C=O) groups excluding carboxylic acids is 1. The molecular weight excluding hydrogens is 300 g/mol. The van der Waals surface area contributed by atoms with Crippen LogP contribution in [-0.4, -0.2) is 40.4 Å². The van der Waals surface area contributed by atoms with Crippen molar-refractivity contribution in [2.24, 2.45) is 0 Å². The molecule has 0 bridgehead atoms. The minimum absolute atomic E-state index is 0.0208. The highest BCUT2D eigenvalue weighted by Crippen LogP contribution is 2.27. The molecule has 3 rings (SSSR count). The topological polar surface area (TPSA) is 78.1 Å². The molecule has 22 heavy (non-hydrogen) atoms. The molecule has 0 spiro atoms. The summed E-state index contributed by atoms with van der Waals surface area (Å²) >= 11 is 1.56. The third-order valence-electron chi connectivity index (χ3n) is 4.35. The number of thiophene rings is 1. The van der Waals surface area contributed by atoms with E-state index < -0.39 is 0 Å². The molecule has 0 radical (unpaired) electrons. The minimum atomic E-state index is -0.0716. The Morgan fingerprint density at radius 2 is 2.05 bits per heavy atom. The molecule has 1 unspecified atom stereocenters. The van der Waals surface area contributed by atoms with E-state index in [1.807, 2.05) is 20.8 Å². The van der Waals surface area contributed by atoms with Gasteiger partial charge in [0.2, 0.25) is 5.91 Å². The number of nitrogens with one attached hydrogen (secondary N) is 2. The number of nitrogens with zero attached hydrogens (tertiary/aromatic N) is 2. The van der Waals surface area contributed by atoms with E-state index in [0.29, 0.717) is 30.7 Å². The van der Waals surface area contributed by atoms with Crippen LogP contribution in [0, 0.1) is 13.8 Å². The molecule has 1 aliphatic rings. The van der Waals surface area contributed by atoms with Crippen molar-refractivity contribution in [2.45, 2.75) is 33.2 Å². The number of hydrogen-bond acceptors (Lipinski definition) is 5. The van der Waals surface area contributed by atoms with Gasteiger partial charge in [-0.3, -0.25) is 14.5 Å².